The molecule has 10 heteroatoms. The third kappa shape index (κ3) is 4.83. The summed E-state index contributed by atoms with van der Waals surface area (Å²) in [5, 5.41) is 17.8. The second kappa shape index (κ2) is 8.36. The topological polar surface area (TPSA) is 112 Å². The Kier molecular flexibility index (Phi) is 5.86. The summed E-state index contributed by atoms with van der Waals surface area (Å²) in [7, 11) is 0. The van der Waals surface area contributed by atoms with Crippen LogP contribution in [0.3, 0.4) is 0 Å². The highest BCUT2D eigenvalue weighted by atomic mass is 19.4. The van der Waals surface area contributed by atoms with Gasteiger partial charge < -0.3 is 10.4 Å². The van der Waals surface area contributed by atoms with Crippen molar-refractivity contribution >= 4 is 28.3 Å². The third-order valence-electron chi connectivity index (χ3n) is 4.40. The number of carbonyl (C=O) groups excluding carboxylic acids is 1. The van der Waals surface area contributed by atoms with Crippen LogP contribution in [0.5, 0.6) is 0 Å². The fourth-order valence-corrected chi connectivity index (χ4v) is 3.01. The standard InChI is InChI=1S/C20H16F3N3O4/c21-20(22,23)15-4-2-1-3-11(15)9-16-13-6-5-12(10-14(13)19(30)26-25-16)24-17(27)7-8-18(28)29/h1-6,10H,7-9H2,(H,24,27)(H,26,30)(H,28,29). The quantitative estimate of drug-likeness (QED) is 0.567. The van der Waals surface area contributed by atoms with Crippen LogP contribution in [0.25, 0.3) is 10.8 Å². The van der Waals surface area contributed by atoms with Crippen molar-refractivity contribution < 1.29 is 27.9 Å². The van der Waals surface area contributed by atoms with Crippen molar-refractivity contribution in [3.8, 4) is 0 Å². The van der Waals surface area contributed by atoms with Crippen molar-refractivity contribution in [3.63, 3.8) is 0 Å². The van der Waals surface area contributed by atoms with E-state index in [1.54, 1.807) is 0 Å². The summed E-state index contributed by atoms with van der Waals surface area (Å²) in [4.78, 5) is 34.5. The van der Waals surface area contributed by atoms with E-state index in [4.69, 9.17) is 5.11 Å². The minimum atomic E-state index is -4.53. The van der Waals surface area contributed by atoms with Gasteiger partial charge in [0.15, 0.2) is 0 Å². The third-order valence-corrected chi connectivity index (χ3v) is 4.40. The number of hydrogen-bond acceptors (Lipinski definition) is 4. The molecule has 0 saturated carbocycles. The van der Waals surface area contributed by atoms with Gasteiger partial charge in [-0.3, -0.25) is 14.4 Å². The van der Waals surface area contributed by atoms with E-state index in [0.29, 0.717) is 5.39 Å². The van der Waals surface area contributed by atoms with Crippen LogP contribution < -0.4 is 10.9 Å². The number of aliphatic carboxylic acids is 1. The molecule has 0 unspecified atom stereocenters. The van der Waals surface area contributed by atoms with E-state index in [9.17, 15) is 27.6 Å². The van der Waals surface area contributed by atoms with Gasteiger partial charge in [-0.05, 0) is 23.8 Å². The summed E-state index contributed by atoms with van der Waals surface area (Å²) in [5.74, 6) is -1.66. The fourth-order valence-electron chi connectivity index (χ4n) is 3.01. The molecule has 0 spiro atoms. The number of halogens is 3. The van der Waals surface area contributed by atoms with Gasteiger partial charge >= 0.3 is 12.1 Å². The molecule has 0 aliphatic rings. The van der Waals surface area contributed by atoms with Crippen LogP contribution in [0, 0.1) is 0 Å². The van der Waals surface area contributed by atoms with Crippen molar-refractivity contribution in [3.05, 3.63) is 69.6 Å². The van der Waals surface area contributed by atoms with Crippen LogP contribution >= 0.6 is 0 Å². The Morgan fingerprint density at radius 1 is 1.07 bits per heavy atom. The highest BCUT2D eigenvalue weighted by Gasteiger charge is 2.33. The van der Waals surface area contributed by atoms with E-state index < -0.39 is 29.2 Å². The molecule has 30 heavy (non-hydrogen) atoms. The molecule has 1 heterocycles. The number of aromatic amines is 1. The number of alkyl halides is 3. The lowest BCUT2D eigenvalue weighted by atomic mass is 9.99. The lowest BCUT2D eigenvalue weighted by Crippen LogP contribution is -2.15. The number of carbonyl (C=O) groups is 2. The zero-order valence-electron chi connectivity index (χ0n) is 15.4. The average molecular weight is 419 g/mol. The lowest BCUT2D eigenvalue weighted by molar-refractivity contribution is -0.139. The summed E-state index contributed by atoms with van der Waals surface area (Å²) >= 11 is 0. The van der Waals surface area contributed by atoms with Gasteiger partial charge in [-0.25, -0.2) is 5.10 Å². The molecule has 3 aromatic rings. The van der Waals surface area contributed by atoms with E-state index in [0.717, 1.165) is 6.07 Å². The molecule has 0 aliphatic heterocycles. The number of aromatic nitrogens is 2. The monoisotopic (exact) mass is 419 g/mol. The van der Waals surface area contributed by atoms with Gasteiger partial charge in [-0.2, -0.15) is 18.3 Å². The molecule has 7 nitrogen and oxygen atoms in total. The number of H-pyrrole nitrogens is 1. The summed E-state index contributed by atoms with van der Waals surface area (Å²) in [6.45, 7) is 0. The van der Waals surface area contributed by atoms with E-state index >= 15 is 0 Å². The second-order valence-corrected chi connectivity index (χ2v) is 6.53. The Morgan fingerprint density at radius 2 is 1.80 bits per heavy atom. The van der Waals surface area contributed by atoms with Gasteiger partial charge in [0.1, 0.15) is 0 Å². The Balaban J connectivity index is 1.94. The van der Waals surface area contributed by atoms with E-state index in [2.05, 4.69) is 15.5 Å². The van der Waals surface area contributed by atoms with Crippen LogP contribution in [0.2, 0.25) is 0 Å². The predicted molar refractivity (Wildman–Crippen MR) is 102 cm³/mol. The molecule has 3 N–H and O–H groups in total. The Morgan fingerprint density at radius 3 is 2.50 bits per heavy atom. The lowest BCUT2D eigenvalue weighted by Gasteiger charge is -2.13. The van der Waals surface area contributed by atoms with Gasteiger partial charge in [0.2, 0.25) is 5.91 Å². The Labute approximate surface area is 167 Å². The van der Waals surface area contributed by atoms with Gasteiger partial charge in [0.25, 0.3) is 5.56 Å². The molecule has 0 saturated heterocycles. The number of carboxylic acid groups (broad SMARTS) is 1. The molecule has 0 bridgehead atoms. The first-order valence-electron chi connectivity index (χ1n) is 8.83. The van der Waals surface area contributed by atoms with Gasteiger partial charge in [-0.15, -0.1) is 0 Å². The first kappa shape index (κ1) is 21.0. The molecule has 1 amide bonds. The smallest absolute Gasteiger partial charge is 0.416 e. The van der Waals surface area contributed by atoms with Gasteiger partial charge in [0.05, 0.1) is 23.1 Å². The molecule has 156 valence electrons. The summed E-state index contributed by atoms with van der Waals surface area (Å²) in [5.41, 5.74) is -0.842. The van der Waals surface area contributed by atoms with Crippen LogP contribution in [-0.2, 0) is 22.2 Å². The highest BCUT2D eigenvalue weighted by molar-refractivity contribution is 5.95. The number of fused-ring (bicyclic) bond motifs is 1. The Bertz CT molecular complexity index is 1170. The van der Waals surface area contributed by atoms with Crippen molar-refractivity contribution in [1.82, 2.24) is 10.2 Å². The summed E-state index contributed by atoms with van der Waals surface area (Å²) in [6.07, 6.45) is -5.26. The molecule has 3 rings (SSSR count). The molecule has 2 aromatic carbocycles. The second-order valence-electron chi connectivity index (χ2n) is 6.53. The van der Waals surface area contributed by atoms with E-state index in [-0.39, 0.29) is 41.6 Å². The minimum absolute atomic E-state index is 0.0110. The number of nitrogens with zero attached hydrogens (tertiary/aromatic N) is 1. The number of anilines is 1. The zero-order valence-corrected chi connectivity index (χ0v) is 15.4. The van der Waals surface area contributed by atoms with Crippen LogP contribution in [0.15, 0.2) is 47.3 Å². The van der Waals surface area contributed by atoms with Crippen molar-refractivity contribution in [2.75, 3.05) is 5.32 Å². The van der Waals surface area contributed by atoms with Gasteiger partial charge in [-0.1, -0.05) is 24.3 Å². The number of rotatable bonds is 6. The molecule has 0 aliphatic carbocycles. The molecule has 0 radical (unpaired) electrons. The average Bonchev–Trinajstić information content (AvgIpc) is 2.68. The first-order valence-corrected chi connectivity index (χ1v) is 8.83. The van der Waals surface area contributed by atoms with Gasteiger partial charge in [0, 0.05) is 23.9 Å². The number of nitrogens with one attached hydrogen (secondary N) is 2. The summed E-state index contributed by atoms with van der Waals surface area (Å²) < 4.78 is 39.8. The maximum atomic E-state index is 13.3. The first-order chi connectivity index (χ1) is 14.1. The number of amides is 1. The van der Waals surface area contributed by atoms with Crippen LogP contribution in [-0.4, -0.2) is 27.2 Å². The number of benzene rings is 2. The van der Waals surface area contributed by atoms with Crippen LogP contribution in [0.4, 0.5) is 18.9 Å². The maximum absolute atomic E-state index is 13.3. The maximum Gasteiger partial charge on any atom is 0.416 e. The normalized spacial score (nSPS) is 11.4. The van der Waals surface area contributed by atoms with Crippen molar-refractivity contribution in [1.29, 1.82) is 0 Å². The SMILES string of the molecule is O=C(O)CCC(=O)Nc1ccc2c(Cc3ccccc3C(F)(F)F)n[nH]c(=O)c2c1. The molecular weight excluding hydrogens is 403 g/mol. The highest BCUT2D eigenvalue weighted by Crippen LogP contribution is 2.33. The predicted octanol–water partition coefficient (Wildman–Crippen LogP) is 3.34. The largest absolute Gasteiger partial charge is 0.481 e. The summed E-state index contributed by atoms with van der Waals surface area (Å²) in [6, 6.07) is 9.44. The van der Waals surface area contributed by atoms with Crippen molar-refractivity contribution in [2.45, 2.75) is 25.4 Å². The molecule has 0 fully saturated rings. The fraction of sp³-hybridized carbons (Fsp3) is 0.200. The Hall–Kier alpha value is -3.69. The van der Waals surface area contributed by atoms with E-state index in [1.807, 2.05) is 0 Å². The van der Waals surface area contributed by atoms with Crippen molar-refractivity contribution in [2.24, 2.45) is 0 Å². The van der Waals surface area contributed by atoms with E-state index in [1.165, 1.54) is 36.4 Å². The molecular formula is C20H16F3N3O4. The molecule has 1 aromatic heterocycles. The number of hydrogen-bond donors (Lipinski definition) is 3. The number of carboxylic acids is 1. The molecule has 0 atom stereocenters. The minimum Gasteiger partial charge on any atom is -0.481 e. The van der Waals surface area contributed by atoms with Crippen LogP contribution in [0.1, 0.15) is 29.7 Å². The zero-order chi connectivity index (χ0) is 21.9.